The summed E-state index contributed by atoms with van der Waals surface area (Å²) in [5.74, 6) is 0. The van der Waals surface area contributed by atoms with Gasteiger partial charge in [-0.2, -0.15) is 5.26 Å². The third kappa shape index (κ3) is 0.884. The van der Waals surface area contributed by atoms with Crippen molar-refractivity contribution < 1.29 is 9.47 Å². The summed E-state index contributed by atoms with van der Waals surface area (Å²) in [7, 11) is 0. The Labute approximate surface area is 84.0 Å². The molecule has 2 saturated heterocycles. The van der Waals surface area contributed by atoms with Gasteiger partial charge in [-0.15, -0.1) is 0 Å². The van der Waals surface area contributed by atoms with Crippen molar-refractivity contribution in [1.29, 1.82) is 5.26 Å². The summed E-state index contributed by atoms with van der Waals surface area (Å²) in [6.07, 6.45) is 5.59. The minimum absolute atomic E-state index is 0.0640. The van der Waals surface area contributed by atoms with Crippen LogP contribution in [-0.2, 0) is 9.47 Å². The van der Waals surface area contributed by atoms with Crippen molar-refractivity contribution in [2.45, 2.75) is 43.8 Å². The highest BCUT2D eigenvalue weighted by molar-refractivity contribution is 5.24. The summed E-state index contributed by atoms with van der Waals surface area (Å²) >= 11 is 0. The molecule has 1 saturated carbocycles. The number of hydrogen-bond acceptors (Lipinski definition) is 3. The van der Waals surface area contributed by atoms with Crippen molar-refractivity contribution in [2.24, 2.45) is 5.41 Å². The molecule has 3 rings (SSSR count). The van der Waals surface area contributed by atoms with Crippen LogP contribution in [0.15, 0.2) is 0 Å². The van der Waals surface area contributed by atoms with Crippen molar-refractivity contribution in [3.63, 3.8) is 0 Å². The van der Waals surface area contributed by atoms with E-state index in [9.17, 15) is 0 Å². The molecule has 2 aliphatic heterocycles. The maximum atomic E-state index is 8.94. The van der Waals surface area contributed by atoms with Crippen LogP contribution in [0.5, 0.6) is 0 Å². The molecule has 2 spiro atoms. The predicted molar refractivity (Wildman–Crippen MR) is 49.6 cm³/mol. The molecule has 0 amide bonds. The van der Waals surface area contributed by atoms with E-state index in [2.05, 4.69) is 6.07 Å². The Morgan fingerprint density at radius 3 is 2.57 bits per heavy atom. The van der Waals surface area contributed by atoms with Crippen molar-refractivity contribution >= 4 is 0 Å². The summed E-state index contributed by atoms with van der Waals surface area (Å²) in [5, 5.41) is 8.94. The number of fused-ring (bicyclic) bond motifs is 1. The summed E-state index contributed by atoms with van der Waals surface area (Å²) in [6.45, 7) is 1.70. The lowest BCUT2D eigenvalue weighted by atomic mass is 9.70. The summed E-state index contributed by atoms with van der Waals surface area (Å²) < 4.78 is 11.1. The highest BCUT2D eigenvalue weighted by atomic mass is 16.6. The van der Waals surface area contributed by atoms with E-state index < -0.39 is 0 Å². The Morgan fingerprint density at radius 2 is 1.93 bits per heavy atom. The van der Waals surface area contributed by atoms with E-state index in [1.54, 1.807) is 0 Å². The van der Waals surface area contributed by atoms with Crippen LogP contribution in [-0.4, -0.2) is 24.9 Å². The molecule has 0 N–H and O–H groups in total. The van der Waals surface area contributed by atoms with E-state index in [1.807, 2.05) is 0 Å². The average Bonchev–Trinajstić information content (AvgIpc) is 2.85. The summed E-state index contributed by atoms with van der Waals surface area (Å²) in [6, 6.07) is 2.28. The summed E-state index contributed by atoms with van der Waals surface area (Å²) in [4.78, 5) is 0. The zero-order chi connectivity index (χ0) is 9.65. The van der Waals surface area contributed by atoms with E-state index in [0.29, 0.717) is 0 Å². The first-order chi connectivity index (χ1) is 6.83. The van der Waals surface area contributed by atoms with Crippen molar-refractivity contribution in [3.8, 4) is 6.07 Å². The lowest BCUT2D eigenvalue weighted by molar-refractivity contribution is -0.0175. The quantitative estimate of drug-likeness (QED) is 0.549. The molecule has 3 nitrogen and oxygen atoms in total. The molecule has 2 unspecified atom stereocenters. The Hall–Kier alpha value is -0.590. The van der Waals surface area contributed by atoms with Crippen molar-refractivity contribution in [1.82, 2.24) is 0 Å². The molecule has 0 aromatic rings. The van der Waals surface area contributed by atoms with Crippen molar-refractivity contribution in [2.75, 3.05) is 13.2 Å². The van der Waals surface area contributed by atoms with Gasteiger partial charge in [0, 0.05) is 18.6 Å². The van der Waals surface area contributed by atoms with Gasteiger partial charge in [-0.3, -0.25) is 0 Å². The number of nitriles is 1. The molecular formula is C11H15NO2. The Bertz CT molecular complexity index is 290. The Kier molecular flexibility index (Phi) is 1.68. The molecule has 3 fully saturated rings. The first-order valence-electron chi connectivity index (χ1n) is 5.48. The van der Waals surface area contributed by atoms with E-state index >= 15 is 0 Å². The second-order valence-electron chi connectivity index (χ2n) is 4.76. The molecule has 3 aliphatic rings. The lowest BCUT2D eigenvalue weighted by Gasteiger charge is -2.37. The monoisotopic (exact) mass is 193 g/mol. The molecule has 0 aromatic heterocycles. The topological polar surface area (TPSA) is 45.5 Å². The Morgan fingerprint density at radius 1 is 1.14 bits per heavy atom. The van der Waals surface area contributed by atoms with E-state index in [4.69, 9.17) is 14.7 Å². The second-order valence-corrected chi connectivity index (χ2v) is 4.76. The molecule has 14 heavy (non-hydrogen) atoms. The van der Waals surface area contributed by atoms with Gasteiger partial charge in [-0.05, 0) is 32.1 Å². The normalized spacial score (nSPS) is 44.1. The maximum absolute atomic E-state index is 8.94. The van der Waals surface area contributed by atoms with Gasteiger partial charge in [0.15, 0.2) is 6.10 Å². The van der Waals surface area contributed by atoms with Crippen LogP contribution in [0.25, 0.3) is 0 Å². The van der Waals surface area contributed by atoms with Crippen LogP contribution < -0.4 is 0 Å². The average molecular weight is 193 g/mol. The van der Waals surface area contributed by atoms with Crippen LogP contribution >= 0.6 is 0 Å². The summed E-state index contributed by atoms with van der Waals surface area (Å²) in [5.41, 5.74) is 0.219. The smallest absolute Gasteiger partial charge is 0.174 e. The molecule has 0 aromatic carbocycles. The number of rotatable bonds is 0. The zero-order valence-electron chi connectivity index (χ0n) is 8.29. The fraction of sp³-hybridized carbons (Fsp3) is 0.909. The third-order valence-corrected chi connectivity index (χ3v) is 4.36. The van der Waals surface area contributed by atoms with Gasteiger partial charge >= 0.3 is 0 Å². The Balaban J connectivity index is 1.88. The minimum atomic E-state index is -0.122. The van der Waals surface area contributed by atoms with Gasteiger partial charge in [-0.1, -0.05) is 0 Å². The lowest BCUT2D eigenvalue weighted by Crippen LogP contribution is -2.40. The number of hydrogen-bond donors (Lipinski definition) is 0. The zero-order valence-corrected chi connectivity index (χ0v) is 8.29. The second kappa shape index (κ2) is 2.71. The fourth-order valence-corrected chi connectivity index (χ4v) is 3.50. The van der Waals surface area contributed by atoms with Crippen LogP contribution in [0, 0.1) is 16.7 Å². The van der Waals surface area contributed by atoms with E-state index in [-0.39, 0.29) is 17.1 Å². The molecular weight excluding hydrogens is 178 g/mol. The first kappa shape index (κ1) is 8.70. The van der Waals surface area contributed by atoms with Crippen molar-refractivity contribution in [3.05, 3.63) is 0 Å². The molecule has 2 heterocycles. The molecule has 1 aliphatic carbocycles. The van der Waals surface area contributed by atoms with Crippen LogP contribution in [0.3, 0.4) is 0 Å². The van der Waals surface area contributed by atoms with Crippen LogP contribution in [0.1, 0.15) is 32.1 Å². The fourth-order valence-electron chi connectivity index (χ4n) is 3.50. The van der Waals surface area contributed by atoms with Gasteiger partial charge < -0.3 is 9.47 Å². The number of ether oxygens (including phenoxy) is 2. The predicted octanol–water partition coefficient (Wildman–Crippen LogP) is 1.63. The first-order valence-corrected chi connectivity index (χ1v) is 5.48. The highest BCUT2D eigenvalue weighted by Gasteiger charge is 2.70. The number of nitrogens with zero attached hydrogens (tertiary/aromatic N) is 1. The van der Waals surface area contributed by atoms with Crippen LogP contribution in [0.4, 0.5) is 0 Å². The van der Waals surface area contributed by atoms with Gasteiger partial charge in [-0.25, -0.2) is 0 Å². The van der Waals surface area contributed by atoms with E-state index in [1.165, 1.54) is 12.8 Å². The highest BCUT2D eigenvalue weighted by Crippen LogP contribution is 2.64. The van der Waals surface area contributed by atoms with Gasteiger partial charge in [0.1, 0.15) is 5.60 Å². The SMILES string of the molecule is N#CC1OC12CCCC21CCOCC1. The molecule has 0 radical (unpaired) electrons. The van der Waals surface area contributed by atoms with Gasteiger partial charge in [0.2, 0.25) is 0 Å². The maximum Gasteiger partial charge on any atom is 0.174 e. The third-order valence-electron chi connectivity index (χ3n) is 4.36. The largest absolute Gasteiger partial charge is 0.381 e. The van der Waals surface area contributed by atoms with E-state index in [0.717, 1.165) is 32.5 Å². The van der Waals surface area contributed by atoms with Gasteiger partial charge in [0.05, 0.1) is 6.07 Å². The molecule has 2 atom stereocenters. The molecule has 3 heteroatoms. The molecule has 0 bridgehead atoms. The van der Waals surface area contributed by atoms with Gasteiger partial charge in [0.25, 0.3) is 0 Å². The molecule has 76 valence electrons. The standard InChI is InChI=1S/C11H15NO2/c12-8-9-11(14-9)3-1-2-10(11)4-6-13-7-5-10/h9H,1-7H2. The minimum Gasteiger partial charge on any atom is -0.381 e. The van der Waals surface area contributed by atoms with Crippen LogP contribution in [0.2, 0.25) is 0 Å². The number of epoxide rings is 1.